The Bertz CT molecular complexity index is 250. The van der Waals surface area contributed by atoms with E-state index in [2.05, 4.69) is 31.0 Å². The van der Waals surface area contributed by atoms with Gasteiger partial charge in [0.2, 0.25) is 5.91 Å². The Morgan fingerprint density at radius 3 is 2.56 bits per heavy atom. The molecular weight excluding hydrogens is 200 g/mol. The number of hydrogen-bond donors (Lipinski definition) is 1. The lowest BCUT2D eigenvalue weighted by atomic mass is 9.84. The topological polar surface area (TPSA) is 32.3 Å². The summed E-state index contributed by atoms with van der Waals surface area (Å²) >= 11 is 0. The number of rotatable bonds is 3. The van der Waals surface area contributed by atoms with Gasteiger partial charge in [-0.05, 0) is 47.1 Å². The van der Waals surface area contributed by atoms with Crippen molar-refractivity contribution in [2.75, 3.05) is 7.05 Å². The van der Waals surface area contributed by atoms with Crippen LogP contribution in [0.5, 0.6) is 0 Å². The van der Waals surface area contributed by atoms with Gasteiger partial charge in [0.1, 0.15) is 0 Å². The zero-order valence-electron chi connectivity index (χ0n) is 11.3. The monoisotopic (exact) mass is 226 g/mol. The van der Waals surface area contributed by atoms with E-state index in [4.69, 9.17) is 0 Å². The molecule has 1 amide bonds. The number of amides is 1. The van der Waals surface area contributed by atoms with Crippen LogP contribution in [0.3, 0.4) is 0 Å². The second kappa shape index (κ2) is 5.17. The highest BCUT2D eigenvalue weighted by atomic mass is 16.2. The average molecular weight is 226 g/mol. The number of nitrogens with one attached hydrogen (secondary N) is 1. The van der Waals surface area contributed by atoms with E-state index >= 15 is 0 Å². The Morgan fingerprint density at radius 1 is 1.44 bits per heavy atom. The zero-order valence-corrected chi connectivity index (χ0v) is 11.3. The molecular formula is C13H26N2O. The molecule has 1 aliphatic heterocycles. The van der Waals surface area contributed by atoms with Crippen LogP contribution >= 0.6 is 0 Å². The Morgan fingerprint density at radius 2 is 2.06 bits per heavy atom. The summed E-state index contributed by atoms with van der Waals surface area (Å²) in [6.45, 7) is 8.50. The van der Waals surface area contributed by atoms with Gasteiger partial charge in [0, 0.05) is 24.0 Å². The third-order valence-corrected chi connectivity index (χ3v) is 3.98. The normalized spacial score (nSPS) is 26.9. The van der Waals surface area contributed by atoms with Crippen molar-refractivity contribution < 1.29 is 4.79 Å². The third-order valence-electron chi connectivity index (χ3n) is 3.98. The van der Waals surface area contributed by atoms with Crippen molar-refractivity contribution in [3.05, 3.63) is 0 Å². The average Bonchev–Trinajstić information content (AvgIpc) is 2.27. The summed E-state index contributed by atoms with van der Waals surface area (Å²) in [5, 5.41) is 3.35. The summed E-state index contributed by atoms with van der Waals surface area (Å²) < 4.78 is 0. The summed E-state index contributed by atoms with van der Waals surface area (Å²) in [6.07, 6.45) is 4.09. The van der Waals surface area contributed by atoms with Crippen LogP contribution in [-0.4, -0.2) is 35.5 Å². The number of hydrogen-bond acceptors (Lipinski definition) is 2. The molecule has 0 radical (unpaired) electrons. The maximum absolute atomic E-state index is 12.0. The molecule has 1 heterocycles. The smallest absolute Gasteiger partial charge is 0.222 e. The summed E-state index contributed by atoms with van der Waals surface area (Å²) in [5.74, 6) is 0.292. The molecule has 1 rings (SSSR count). The lowest BCUT2D eigenvalue weighted by Gasteiger charge is -2.48. The second-order valence-electron chi connectivity index (χ2n) is 5.42. The first kappa shape index (κ1) is 13.5. The van der Waals surface area contributed by atoms with E-state index in [1.807, 2.05) is 14.0 Å². The Labute approximate surface area is 99.6 Å². The molecule has 94 valence electrons. The van der Waals surface area contributed by atoms with E-state index < -0.39 is 0 Å². The van der Waals surface area contributed by atoms with E-state index in [1.54, 1.807) is 0 Å². The molecule has 0 aromatic rings. The van der Waals surface area contributed by atoms with Crippen LogP contribution in [0.15, 0.2) is 0 Å². The molecule has 2 unspecified atom stereocenters. The molecule has 0 bridgehead atoms. The van der Waals surface area contributed by atoms with Crippen molar-refractivity contribution in [2.45, 2.75) is 71.0 Å². The maximum Gasteiger partial charge on any atom is 0.222 e. The predicted molar refractivity (Wildman–Crippen MR) is 67.4 cm³/mol. The Kier molecular flexibility index (Phi) is 4.36. The van der Waals surface area contributed by atoms with E-state index in [9.17, 15) is 4.79 Å². The summed E-state index contributed by atoms with van der Waals surface area (Å²) in [4.78, 5) is 14.2. The van der Waals surface area contributed by atoms with Gasteiger partial charge in [-0.25, -0.2) is 0 Å². The third kappa shape index (κ3) is 2.57. The first-order valence-electron chi connectivity index (χ1n) is 6.44. The lowest BCUT2D eigenvalue weighted by molar-refractivity contribution is -0.139. The molecule has 2 atom stereocenters. The van der Waals surface area contributed by atoms with Gasteiger partial charge in [-0.2, -0.15) is 0 Å². The number of carbonyl (C=O) groups excluding carboxylic acids is 1. The Balaban J connectivity index is 2.91. The summed E-state index contributed by atoms with van der Waals surface area (Å²) in [7, 11) is 1.98. The van der Waals surface area contributed by atoms with Gasteiger partial charge in [0.05, 0.1) is 0 Å². The van der Waals surface area contributed by atoms with Gasteiger partial charge in [0.15, 0.2) is 0 Å². The fraction of sp³-hybridized carbons (Fsp3) is 0.923. The van der Waals surface area contributed by atoms with Crippen molar-refractivity contribution in [1.29, 1.82) is 0 Å². The highest BCUT2D eigenvalue weighted by Gasteiger charge is 2.39. The van der Waals surface area contributed by atoms with Gasteiger partial charge >= 0.3 is 0 Å². The SMILES string of the molecule is CCC(=O)N1C(C)CCCC1C(C)(C)NC. The van der Waals surface area contributed by atoms with Crippen molar-refractivity contribution in [2.24, 2.45) is 0 Å². The molecule has 3 nitrogen and oxygen atoms in total. The van der Waals surface area contributed by atoms with Crippen LogP contribution in [0, 0.1) is 0 Å². The van der Waals surface area contributed by atoms with Crippen LogP contribution < -0.4 is 5.32 Å². The van der Waals surface area contributed by atoms with Crippen LogP contribution in [0.4, 0.5) is 0 Å². The molecule has 3 heteroatoms. The molecule has 1 saturated heterocycles. The number of piperidine rings is 1. The van der Waals surface area contributed by atoms with Crippen molar-refractivity contribution in [3.63, 3.8) is 0 Å². The highest BCUT2D eigenvalue weighted by molar-refractivity contribution is 5.76. The lowest BCUT2D eigenvalue weighted by Crippen LogP contribution is -2.61. The van der Waals surface area contributed by atoms with Crippen molar-refractivity contribution in [3.8, 4) is 0 Å². The molecule has 0 aromatic carbocycles. The molecule has 1 aliphatic rings. The molecule has 0 aliphatic carbocycles. The molecule has 0 spiro atoms. The first-order valence-corrected chi connectivity index (χ1v) is 6.44. The number of likely N-dealkylation sites (tertiary alicyclic amines) is 1. The number of nitrogens with zero attached hydrogens (tertiary/aromatic N) is 1. The summed E-state index contributed by atoms with van der Waals surface area (Å²) in [6, 6.07) is 0.715. The Hall–Kier alpha value is -0.570. The summed E-state index contributed by atoms with van der Waals surface area (Å²) in [5.41, 5.74) is -0.000486. The van der Waals surface area contributed by atoms with E-state index in [1.165, 1.54) is 6.42 Å². The predicted octanol–water partition coefficient (Wildman–Crippen LogP) is 2.16. The fourth-order valence-corrected chi connectivity index (χ4v) is 2.67. The second-order valence-corrected chi connectivity index (χ2v) is 5.42. The van der Waals surface area contributed by atoms with Gasteiger partial charge in [-0.3, -0.25) is 4.79 Å². The molecule has 1 N–H and O–H groups in total. The van der Waals surface area contributed by atoms with Gasteiger partial charge in [0.25, 0.3) is 0 Å². The zero-order chi connectivity index (χ0) is 12.3. The van der Waals surface area contributed by atoms with E-state index in [-0.39, 0.29) is 5.54 Å². The van der Waals surface area contributed by atoms with Crippen LogP contribution in [0.2, 0.25) is 0 Å². The van der Waals surface area contributed by atoms with Crippen LogP contribution in [0.25, 0.3) is 0 Å². The van der Waals surface area contributed by atoms with Gasteiger partial charge < -0.3 is 10.2 Å². The van der Waals surface area contributed by atoms with Gasteiger partial charge in [-0.15, -0.1) is 0 Å². The first-order chi connectivity index (χ1) is 7.44. The minimum absolute atomic E-state index is 0.000486. The molecule has 1 fully saturated rings. The van der Waals surface area contributed by atoms with Crippen molar-refractivity contribution >= 4 is 5.91 Å². The van der Waals surface area contributed by atoms with Crippen molar-refractivity contribution in [1.82, 2.24) is 10.2 Å². The maximum atomic E-state index is 12.0. The standard InChI is InChI=1S/C13H26N2O/c1-6-12(16)15-10(2)8-7-9-11(15)13(3,4)14-5/h10-11,14H,6-9H2,1-5H3. The molecule has 0 aromatic heterocycles. The quantitative estimate of drug-likeness (QED) is 0.800. The van der Waals surface area contributed by atoms with Crippen LogP contribution in [0.1, 0.15) is 53.4 Å². The van der Waals surface area contributed by atoms with E-state index in [0.717, 1.165) is 12.8 Å². The van der Waals surface area contributed by atoms with E-state index in [0.29, 0.717) is 24.4 Å². The number of likely N-dealkylation sites (N-methyl/N-ethyl adjacent to an activating group) is 1. The molecule has 16 heavy (non-hydrogen) atoms. The molecule has 0 saturated carbocycles. The number of carbonyl (C=O) groups is 1. The minimum Gasteiger partial charge on any atom is -0.335 e. The minimum atomic E-state index is -0.000486. The van der Waals surface area contributed by atoms with Crippen LogP contribution in [-0.2, 0) is 4.79 Å². The largest absolute Gasteiger partial charge is 0.335 e. The van der Waals surface area contributed by atoms with Gasteiger partial charge in [-0.1, -0.05) is 6.92 Å². The fourth-order valence-electron chi connectivity index (χ4n) is 2.67. The highest BCUT2D eigenvalue weighted by Crippen LogP contribution is 2.30.